The van der Waals surface area contributed by atoms with E-state index in [1.807, 2.05) is 0 Å². The van der Waals surface area contributed by atoms with E-state index in [1.54, 1.807) is 24.3 Å². The highest BCUT2D eigenvalue weighted by Crippen LogP contribution is 2.27. The minimum absolute atomic E-state index is 0.207. The molecular weight excluding hydrogens is 384 g/mol. The maximum absolute atomic E-state index is 12.1. The number of nitrogens with zero attached hydrogens (tertiary/aromatic N) is 1. The smallest absolute Gasteiger partial charge is 0.312 e. The van der Waals surface area contributed by atoms with Crippen molar-refractivity contribution in [2.45, 2.75) is 50.1 Å². The summed E-state index contributed by atoms with van der Waals surface area (Å²) < 4.78 is 5.01. The minimum atomic E-state index is -0.888. The SMILES string of the molecule is N#CC1(NC(=O)COC(=O)C[C@H](NC(N)=O)c2ccc(Cl)cc2)CCCCC1. The Hall–Kier alpha value is -2.79. The molecule has 0 radical (unpaired) electrons. The van der Waals surface area contributed by atoms with Crippen molar-refractivity contribution in [2.75, 3.05) is 6.61 Å². The zero-order valence-electron chi connectivity index (χ0n) is 15.4. The van der Waals surface area contributed by atoms with Gasteiger partial charge in [-0.15, -0.1) is 0 Å². The maximum Gasteiger partial charge on any atom is 0.312 e. The molecule has 8 nitrogen and oxygen atoms in total. The number of carbonyl (C=O) groups excluding carboxylic acids is 3. The number of esters is 1. The summed E-state index contributed by atoms with van der Waals surface area (Å²) in [5.74, 6) is -1.21. The van der Waals surface area contributed by atoms with Crippen LogP contribution >= 0.6 is 11.6 Å². The van der Waals surface area contributed by atoms with Crippen LogP contribution in [0.3, 0.4) is 0 Å². The molecule has 0 spiro atoms. The number of rotatable bonds is 7. The first-order valence-corrected chi connectivity index (χ1v) is 9.41. The Morgan fingerprint density at radius 1 is 1.21 bits per heavy atom. The van der Waals surface area contributed by atoms with Crippen molar-refractivity contribution in [3.05, 3.63) is 34.9 Å². The number of nitrogens with one attached hydrogen (secondary N) is 2. The molecule has 1 aliphatic rings. The average Bonchev–Trinajstić information content (AvgIpc) is 2.67. The first-order chi connectivity index (χ1) is 13.3. The number of carbonyl (C=O) groups is 3. The van der Waals surface area contributed by atoms with E-state index in [-0.39, 0.29) is 6.42 Å². The van der Waals surface area contributed by atoms with Crippen molar-refractivity contribution in [1.82, 2.24) is 10.6 Å². The molecule has 0 heterocycles. The van der Waals surface area contributed by atoms with Crippen molar-refractivity contribution < 1.29 is 19.1 Å². The summed E-state index contributed by atoms with van der Waals surface area (Å²) in [4.78, 5) is 35.5. The number of ether oxygens (including phenoxy) is 1. The number of hydrogen-bond acceptors (Lipinski definition) is 5. The van der Waals surface area contributed by atoms with E-state index in [9.17, 15) is 19.6 Å². The van der Waals surface area contributed by atoms with Crippen molar-refractivity contribution in [3.8, 4) is 6.07 Å². The van der Waals surface area contributed by atoms with E-state index in [0.29, 0.717) is 23.4 Å². The summed E-state index contributed by atoms with van der Waals surface area (Å²) in [7, 11) is 0. The lowest BCUT2D eigenvalue weighted by molar-refractivity contribution is -0.149. The summed E-state index contributed by atoms with van der Waals surface area (Å²) in [6.45, 7) is -0.494. The molecule has 3 amide bonds. The van der Waals surface area contributed by atoms with Gasteiger partial charge in [0.2, 0.25) is 0 Å². The standard InChI is InChI=1S/C19H23ClN4O4/c20-14-6-4-13(5-7-14)15(23-18(22)27)10-17(26)28-11-16(25)24-19(12-21)8-2-1-3-9-19/h4-7,15H,1-3,8-11H2,(H,24,25)(H3,22,23,27)/t15-/m0/s1. The molecule has 28 heavy (non-hydrogen) atoms. The molecular formula is C19H23ClN4O4. The lowest BCUT2D eigenvalue weighted by atomic mass is 9.83. The van der Waals surface area contributed by atoms with Crippen LogP contribution in [0.2, 0.25) is 5.02 Å². The predicted octanol–water partition coefficient (Wildman–Crippen LogP) is 2.33. The van der Waals surface area contributed by atoms with Crippen LogP contribution < -0.4 is 16.4 Å². The van der Waals surface area contributed by atoms with Crippen LogP contribution in [-0.2, 0) is 14.3 Å². The third-order valence-electron chi connectivity index (χ3n) is 4.62. The second-order valence-corrected chi connectivity index (χ2v) is 7.22. The van der Waals surface area contributed by atoms with Gasteiger partial charge < -0.3 is 21.1 Å². The van der Waals surface area contributed by atoms with Crippen molar-refractivity contribution in [2.24, 2.45) is 5.73 Å². The van der Waals surface area contributed by atoms with Gasteiger partial charge in [0, 0.05) is 5.02 Å². The quantitative estimate of drug-likeness (QED) is 0.597. The number of halogens is 1. The molecule has 0 bridgehead atoms. The predicted molar refractivity (Wildman–Crippen MR) is 102 cm³/mol. The molecule has 1 aliphatic carbocycles. The second-order valence-electron chi connectivity index (χ2n) is 6.78. The van der Waals surface area contributed by atoms with Crippen molar-refractivity contribution >= 4 is 29.5 Å². The van der Waals surface area contributed by atoms with Gasteiger partial charge >= 0.3 is 12.0 Å². The van der Waals surface area contributed by atoms with Gasteiger partial charge in [0.15, 0.2) is 6.61 Å². The Morgan fingerprint density at radius 2 is 1.86 bits per heavy atom. The summed E-state index contributed by atoms with van der Waals surface area (Å²) >= 11 is 5.84. The van der Waals surface area contributed by atoms with Gasteiger partial charge in [0.05, 0.1) is 18.5 Å². The van der Waals surface area contributed by atoms with Crippen LogP contribution in [0.25, 0.3) is 0 Å². The van der Waals surface area contributed by atoms with Gasteiger partial charge in [0.1, 0.15) is 5.54 Å². The van der Waals surface area contributed by atoms with E-state index < -0.39 is 36.1 Å². The summed E-state index contributed by atoms with van der Waals surface area (Å²) in [5, 5.41) is 15.0. The zero-order valence-corrected chi connectivity index (χ0v) is 16.1. The van der Waals surface area contributed by atoms with Crippen LogP contribution in [0.15, 0.2) is 24.3 Å². The number of urea groups is 1. The fourth-order valence-corrected chi connectivity index (χ4v) is 3.34. The van der Waals surface area contributed by atoms with Crippen molar-refractivity contribution in [1.29, 1.82) is 5.26 Å². The number of primary amides is 1. The van der Waals surface area contributed by atoms with Gasteiger partial charge in [-0.2, -0.15) is 5.26 Å². The van der Waals surface area contributed by atoms with E-state index in [1.165, 1.54) is 0 Å². The van der Waals surface area contributed by atoms with Gasteiger partial charge in [-0.25, -0.2) is 4.79 Å². The second kappa shape index (κ2) is 9.95. The molecule has 150 valence electrons. The van der Waals surface area contributed by atoms with Gasteiger partial charge in [0.25, 0.3) is 5.91 Å². The summed E-state index contributed by atoms with van der Waals surface area (Å²) in [6, 6.07) is 7.22. The molecule has 1 aromatic carbocycles. The van der Waals surface area contributed by atoms with E-state index in [2.05, 4.69) is 16.7 Å². The summed E-state index contributed by atoms with van der Waals surface area (Å²) in [6.07, 6.45) is 3.74. The number of nitriles is 1. The number of hydrogen-bond donors (Lipinski definition) is 3. The monoisotopic (exact) mass is 406 g/mol. The van der Waals surface area contributed by atoms with Crippen LogP contribution in [0, 0.1) is 11.3 Å². The van der Waals surface area contributed by atoms with Crippen LogP contribution in [0.1, 0.15) is 50.1 Å². The molecule has 2 rings (SSSR count). The highest BCUT2D eigenvalue weighted by molar-refractivity contribution is 6.30. The van der Waals surface area contributed by atoms with Gasteiger partial charge in [-0.05, 0) is 30.5 Å². The molecule has 0 saturated heterocycles. The Balaban J connectivity index is 1.89. The number of amides is 3. The average molecular weight is 407 g/mol. The maximum atomic E-state index is 12.1. The molecule has 1 atom stereocenters. The fourth-order valence-electron chi connectivity index (χ4n) is 3.21. The first kappa shape index (κ1) is 21.5. The third kappa shape index (κ3) is 6.43. The summed E-state index contributed by atoms with van der Waals surface area (Å²) in [5.41, 5.74) is 4.90. The zero-order chi connectivity index (χ0) is 20.6. The van der Waals surface area contributed by atoms with Gasteiger partial charge in [-0.3, -0.25) is 9.59 Å². The Morgan fingerprint density at radius 3 is 2.43 bits per heavy atom. The van der Waals surface area contributed by atoms with E-state index in [4.69, 9.17) is 22.1 Å². The third-order valence-corrected chi connectivity index (χ3v) is 4.88. The Kier molecular flexibility index (Phi) is 7.64. The van der Waals surface area contributed by atoms with E-state index in [0.717, 1.165) is 19.3 Å². The molecule has 1 fully saturated rings. The molecule has 0 aliphatic heterocycles. The van der Waals surface area contributed by atoms with Crippen LogP contribution in [-0.4, -0.2) is 30.1 Å². The molecule has 0 unspecified atom stereocenters. The number of nitrogens with two attached hydrogens (primary N) is 1. The highest BCUT2D eigenvalue weighted by atomic mass is 35.5. The van der Waals surface area contributed by atoms with Gasteiger partial charge in [-0.1, -0.05) is 43.0 Å². The first-order valence-electron chi connectivity index (χ1n) is 9.03. The highest BCUT2D eigenvalue weighted by Gasteiger charge is 2.33. The fraction of sp³-hybridized carbons (Fsp3) is 0.474. The van der Waals surface area contributed by atoms with E-state index >= 15 is 0 Å². The topological polar surface area (TPSA) is 134 Å². The molecule has 0 aromatic heterocycles. The largest absolute Gasteiger partial charge is 0.456 e. The normalized spacial score (nSPS) is 16.3. The lowest BCUT2D eigenvalue weighted by Gasteiger charge is -2.31. The molecule has 1 saturated carbocycles. The Labute approximate surface area is 168 Å². The van der Waals surface area contributed by atoms with Crippen LogP contribution in [0.5, 0.6) is 0 Å². The Bertz CT molecular complexity index is 754. The van der Waals surface area contributed by atoms with Crippen molar-refractivity contribution in [3.63, 3.8) is 0 Å². The molecule has 9 heteroatoms. The minimum Gasteiger partial charge on any atom is -0.456 e. The lowest BCUT2D eigenvalue weighted by Crippen LogP contribution is -2.50. The number of benzene rings is 1. The molecule has 1 aromatic rings. The molecule has 4 N–H and O–H groups in total. The van der Waals surface area contributed by atoms with Crippen LogP contribution in [0.4, 0.5) is 4.79 Å².